The maximum atomic E-state index is 14.0. The summed E-state index contributed by atoms with van der Waals surface area (Å²) in [7, 11) is 0. The van der Waals surface area contributed by atoms with Crippen LogP contribution < -0.4 is 4.72 Å². The molecule has 0 spiro atoms. The van der Waals surface area contributed by atoms with E-state index in [2.05, 4.69) is 23.7 Å². The molecule has 0 aliphatic carbocycles. The van der Waals surface area contributed by atoms with E-state index in [1.807, 2.05) is 13.0 Å². The number of hydrogen-bond acceptors (Lipinski definition) is 4. The number of nitrogens with one attached hydrogen (secondary N) is 1. The fraction of sp³-hybridized carbons (Fsp3) is 0.400. The summed E-state index contributed by atoms with van der Waals surface area (Å²) in [6, 6.07) is 7.15. The van der Waals surface area contributed by atoms with Crippen molar-refractivity contribution in [2.75, 3.05) is 4.72 Å². The smallest absolute Gasteiger partial charge is 0.179 e. The van der Waals surface area contributed by atoms with Gasteiger partial charge in [0, 0.05) is 6.07 Å². The molecular weight excluding hydrogens is 275 g/mol. The molecule has 108 valence electrons. The molecule has 0 radical (unpaired) electrons. The molecule has 1 N–H and O–H groups in total. The van der Waals surface area contributed by atoms with Crippen molar-refractivity contribution in [1.82, 2.24) is 5.16 Å². The van der Waals surface area contributed by atoms with Gasteiger partial charge in [-0.2, -0.15) is 0 Å². The highest BCUT2D eigenvalue weighted by molar-refractivity contribution is 8.00. The minimum absolute atomic E-state index is 0.205. The predicted molar refractivity (Wildman–Crippen MR) is 80.3 cm³/mol. The SMILES string of the molecule is Cc1cc(NSc2ccc(CCC(C)C)cc2F)no1. The first kappa shape index (κ1) is 14.9. The molecule has 1 aromatic heterocycles. The van der Waals surface area contributed by atoms with Gasteiger partial charge >= 0.3 is 0 Å². The number of aromatic nitrogens is 1. The Kier molecular flexibility index (Phi) is 5.06. The van der Waals surface area contributed by atoms with Gasteiger partial charge < -0.3 is 9.25 Å². The van der Waals surface area contributed by atoms with E-state index in [1.54, 1.807) is 18.2 Å². The normalized spacial score (nSPS) is 11.1. The van der Waals surface area contributed by atoms with Gasteiger partial charge in [0.1, 0.15) is 11.6 Å². The minimum atomic E-state index is -0.205. The topological polar surface area (TPSA) is 38.1 Å². The largest absolute Gasteiger partial charge is 0.360 e. The van der Waals surface area contributed by atoms with Gasteiger partial charge in [0.2, 0.25) is 0 Å². The lowest BCUT2D eigenvalue weighted by Crippen LogP contribution is -1.95. The zero-order valence-electron chi connectivity index (χ0n) is 11.9. The highest BCUT2D eigenvalue weighted by atomic mass is 32.2. The van der Waals surface area contributed by atoms with Crippen LogP contribution in [0.4, 0.5) is 10.2 Å². The van der Waals surface area contributed by atoms with Crippen molar-refractivity contribution in [3.8, 4) is 0 Å². The van der Waals surface area contributed by atoms with Crippen molar-refractivity contribution in [3.63, 3.8) is 0 Å². The molecule has 0 saturated carbocycles. The van der Waals surface area contributed by atoms with Gasteiger partial charge in [0.15, 0.2) is 5.82 Å². The summed E-state index contributed by atoms with van der Waals surface area (Å²) in [4.78, 5) is 0.555. The third-order valence-electron chi connectivity index (χ3n) is 2.90. The van der Waals surface area contributed by atoms with Crippen LogP contribution in [-0.4, -0.2) is 5.16 Å². The van der Waals surface area contributed by atoms with E-state index in [4.69, 9.17) is 4.52 Å². The molecule has 20 heavy (non-hydrogen) atoms. The first-order valence-corrected chi connectivity index (χ1v) is 7.51. The summed E-state index contributed by atoms with van der Waals surface area (Å²) >= 11 is 1.20. The van der Waals surface area contributed by atoms with Crippen molar-refractivity contribution < 1.29 is 8.91 Å². The molecule has 0 unspecified atom stereocenters. The lowest BCUT2D eigenvalue weighted by molar-refractivity contribution is 0.400. The second-order valence-corrected chi connectivity index (χ2v) is 6.07. The van der Waals surface area contributed by atoms with Crippen LogP contribution >= 0.6 is 11.9 Å². The number of nitrogens with zero attached hydrogens (tertiary/aromatic N) is 1. The van der Waals surface area contributed by atoms with E-state index in [9.17, 15) is 4.39 Å². The molecule has 1 heterocycles. The second-order valence-electron chi connectivity index (χ2n) is 5.22. The highest BCUT2D eigenvalue weighted by Crippen LogP contribution is 2.25. The fourth-order valence-electron chi connectivity index (χ4n) is 1.76. The Morgan fingerprint density at radius 2 is 2.15 bits per heavy atom. The van der Waals surface area contributed by atoms with E-state index < -0.39 is 0 Å². The van der Waals surface area contributed by atoms with Gasteiger partial charge in [-0.15, -0.1) is 0 Å². The average molecular weight is 294 g/mol. The predicted octanol–water partition coefficient (Wildman–Crippen LogP) is 4.83. The van der Waals surface area contributed by atoms with E-state index in [1.165, 1.54) is 11.9 Å². The lowest BCUT2D eigenvalue weighted by atomic mass is 10.0. The maximum Gasteiger partial charge on any atom is 0.179 e. The van der Waals surface area contributed by atoms with Gasteiger partial charge in [-0.05, 0) is 55.3 Å². The molecule has 0 bridgehead atoms. The monoisotopic (exact) mass is 294 g/mol. The molecule has 1 aromatic carbocycles. The van der Waals surface area contributed by atoms with Crippen LogP contribution in [0.2, 0.25) is 0 Å². The number of hydrogen-bond donors (Lipinski definition) is 1. The van der Waals surface area contributed by atoms with Crippen LogP contribution in [0.25, 0.3) is 0 Å². The summed E-state index contributed by atoms with van der Waals surface area (Å²) in [6.45, 7) is 6.15. The summed E-state index contributed by atoms with van der Waals surface area (Å²) in [5.74, 6) is 1.74. The van der Waals surface area contributed by atoms with Crippen LogP contribution in [-0.2, 0) is 6.42 Å². The Hall–Kier alpha value is -1.49. The highest BCUT2D eigenvalue weighted by Gasteiger charge is 2.07. The van der Waals surface area contributed by atoms with Crippen LogP contribution in [0.5, 0.6) is 0 Å². The Labute approximate surface area is 123 Å². The standard InChI is InChI=1S/C15H19FN2OS/c1-10(2)4-5-12-6-7-14(13(16)9-12)20-18-15-8-11(3)19-17-15/h6-10H,4-5H2,1-3H3,(H,17,18). The van der Waals surface area contributed by atoms with Gasteiger partial charge in [-0.3, -0.25) is 0 Å². The van der Waals surface area contributed by atoms with Crippen molar-refractivity contribution in [1.29, 1.82) is 0 Å². The summed E-state index contributed by atoms with van der Waals surface area (Å²) < 4.78 is 21.9. The summed E-state index contributed by atoms with van der Waals surface area (Å²) in [5, 5.41) is 3.80. The first-order chi connectivity index (χ1) is 9.54. The van der Waals surface area contributed by atoms with Crippen molar-refractivity contribution in [2.45, 2.75) is 38.5 Å². The molecule has 5 heteroatoms. The molecule has 0 aliphatic rings. The Balaban J connectivity index is 1.95. The van der Waals surface area contributed by atoms with Gasteiger partial charge in [-0.1, -0.05) is 25.1 Å². The lowest BCUT2D eigenvalue weighted by Gasteiger charge is -2.07. The molecule has 0 atom stereocenters. The molecule has 0 amide bonds. The zero-order chi connectivity index (χ0) is 14.5. The number of anilines is 1. The van der Waals surface area contributed by atoms with E-state index in [0.717, 1.165) is 24.2 Å². The zero-order valence-corrected chi connectivity index (χ0v) is 12.8. The van der Waals surface area contributed by atoms with Crippen LogP contribution in [0.1, 0.15) is 31.6 Å². The average Bonchev–Trinajstić information content (AvgIpc) is 2.81. The molecule has 2 aromatic rings. The van der Waals surface area contributed by atoms with Gasteiger partial charge in [0.25, 0.3) is 0 Å². The fourth-order valence-corrected chi connectivity index (χ4v) is 2.36. The Morgan fingerprint density at radius 1 is 1.35 bits per heavy atom. The van der Waals surface area contributed by atoms with Crippen LogP contribution in [0.3, 0.4) is 0 Å². The number of benzene rings is 1. The Morgan fingerprint density at radius 3 is 2.75 bits per heavy atom. The van der Waals surface area contributed by atoms with Gasteiger partial charge in [0.05, 0.1) is 4.90 Å². The third-order valence-corrected chi connectivity index (χ3v) is 3.76. The van der Waals surface area contributed by atoms with Gasteiger partial charge in [-0.25, -0.2) is 4.39 Å². The van der Waals surface area contributed by atoms with E-state index in [-0.39, 0.29) is 5.82 Å². The quantitative estimate of drug-likeness (QED) is 0.774. The number of aryl methyl sites for hydroxylation is 2. The first-order valence-electron chi connectivity index (χ1n) is 6.69. The molecule has 3 nitrogen and oxygen atoms in total. The van der Waals surface area contributed by atoms with Crippen LogP contribution in [0.15, 0.2) is 33.7 Å². The minimum Gasteiger partial charge on any atom is -0.360 e. The second kappa shape index (κ2) is 6.79. The van der Waals surface area contributed by atoms with E-state index >= 15 is 0 Å². The number of halogens is 1. The van der Waals surface area contributed by atoms with Crippen molar-refractivity contribution in [2.24, 2.45) is 5.92 Å². The number of rotatable bonds is 6. The summed E-state index contributed by atoms with van der Waals surface area (Å²) in [6.07, 6.45) is 1.98. The molecule has 0 fully saturated rings. The van der Waals surface area contributed by atoms with Crippen molar-refractivity contribution in [3.05, 3.63) is 41.4 Å². The maximum absolute atomic E-state index is 14.0. The molecular formula is C15H19FN2OS. The Bertz CT molecular complexity index is 569. The van der Waals surface area contributed by atoms with Crippen LogP contribution in [0, 0.1) is 18.7 Å². The molecule has 2 rings (SSSR count). The van der Waals surface area contributed by atoms with Crippen molar-refractivity contribution >= 4 is 17.8 Å². The molecule has 0 aliphatic heterocycles. The third kappa shape index (κ3) is 4.27. The molecule has 0 saturated heterocycles. The van der Waals surface area contributed by atoms with E-state index in [0.29, 0.717) is 16.6 Å². The summed E-state index contributed by atoms with van der Waals surface area (Å²) in [5.41, 5.74) is 1.04.